The summed E-state index contributed by atoms with van der Waals surface area (Å²) in [6, 6.07) is 14.3. The Labute approximate surface area is 149 Å². The molecule has 134 valence electrons. The summed E-state index contributed by atoms with van der Waals surface area (Å²) in [4.78, 5) is 7.35. The number of aromatic nitrogens is 2. The third-order valence-corrected chi connectivity index (χ3v) is 3.88. The highest BCUT2D eigenvalue weighted by Crippen LogP contribution is 2.31. The third-order valence-electron chi connectivity index (χ3n) is 3.88. The van der Waals surface area contributed by atoms with Crippen molar-refractivity contribution in [1.29, 1.82) is 0 Å². The van der Waals surface area contributed by atoms with Crippen LogP contribution in [0.2, 0.25) is 0 Å². The lowest BCUT2D eigenvalue weighted by atomic mass is 10.1. The molecule has 0 radical (unpaired) electrons. The fourth-order valence-electron chi connectivity index (χ4n) is 2.63. The number of fused-ring (bicyclic) bond motifs is 1. The summed E-state index contributed by atoms with van der Waals surface area (Å²) in [5.74, 6) is -1.07. The number of benzene rings is 2. The van der Waals surface area contributed by atoms with Crippen molar-refractivity contribution in [2.24, 2.45) is 5.10 Å². The van der Waals surface area contributed by atoms with Crippen LogP contribution in [0, 0.1) is 6.92 Å². The molecule has 3 aromatic rings. The minimum absolute atomic E-state index is 0.106. The molecule has 0 atom stereocenters. The molecule has 0 aliphatic rings. The average Bonchev–Trinajstić information content (AvgIpc) is 2.59. The van der Waals surface area contributed by atoms with Gasteiger partial charge in [-0.2, -0.15) is 18.3 Å². The van der Waals surface area contributed by atoms with Crippen molar-refractivity contribution in [2.45, 2.75) is 20.0 Å². The lowest BCUT2D eigenvalue weighted by Gasteiger charge is -2.17. The summed E-state index contributed by atoms with van der Waals surface area (Å²) in [5.41, 5.74) is 2.87. The number of nitrogens with zero attached hydrogens (tertiary/aromatic N) is 4. The van der Waals surface area contributed by atoms with Gasteiger partial charge < -0.3 is 0 Å². The van der Waals surface area contributed by atoms with Gasteiger partial charge in [0.1, 0.15) is 0 Å². The molecular formula is C19H17F3N4. The molecule has 3 rings (SSSR count). The molecule has 26 heavy (non-hydrogen) atoms. The van der Waals surface area contributed by atoms with Gasteiger partial charge in [-0.25, -0.2) is 9.97 Å². The summed E-state index contributed by atoms with van der Waals surface area (Å²) in [7, 11) is 1.58. The molecular weight excluding hydrogens is 341 g/mol. The molecule has 0 saturated carbocycles. The van der Waals surface area contributed by atoms with Crippen LogP contribution in [0.25, 0.3) is 10.9 Å². The maximum atomic E-state index is 13.2. The molecule has 0 spiro atoms. The molecule has 0 saturated heterocycles. The zero-order valence-electron chi connectivity index (χ0n) is 14.5. The van der Waals surface area contributed by atoms with E-state index in [1.807, 2.05) is 31.2 Å². The van der Waals surface area contributed by atoms with Crippen molar-refractivity contribution >= 4 is 22.4 Å². The van der Waals surface area contributed by atoms with Crippen LogP contribution in [0.3, 0.4) is 0 Å². The van der Waals surface area contributed by atoms with Crippen molar-refractivity contribution in [3.63, 3.8) is 0 Å². The quantitative estimate of drug-likeness (QED) is 0.498. The first-order chi connectivity index (χ1) is 12.3. The van der Waals surface area contributed by atoms with Crippen molar-refractivity contribution in [1.82, 2.24) is 9.97 Å². The minimum Gasteiger partial charge on any atom is -0.250 e. The van der Waals surface area contributed by atoms with E-state index < -0.39 is 12.0 Å². The van der Waals surface area contributed by atoms with Gasteiger partial charge in [-0.1, -0.05) is 42.0 Å². The summed E-state index contributed by atoms with van der Waals surface area (Å²) in [5, 5.41) is 6.29. The first-order valence-electron chi connectivity index (χ1n) is 7.95. The van der Waals surface area contributed by atoms with Crippen LogP contribution >= 0.6 is 0 Å². The molecule has 4 nitrogen and oxygen atoms in total. The Morgan fingerprint density at radius 3 is 2.46 bits per heavy atom. The van der Waals surface area contributed by atoms with E-state index in [0.29, 0.717) is 11.1 Å². The van der Waals surface area contributed by atoms with E-state index in [1.165, 1.54) is 11.1 Å². The fourth-order valence-corrected chi connectivity index (χ4v) is 2.63. The van der Waals surface area contributed by atoms with Gasteiger partial charge in [0.25, 0.3) is 0 Å². The number of hydrogen-bond donors (Lipinski definition) is 0. The summed E-state index contributed by atoms with van der Waals surface area (Å²) < 4.78 is 39.5. The lowest BCUT2D eigenvalue weighted by Crippen LogP contribution is -2.18. The Balaban J connectivity index is 2.10. The zero-order valence-corrected chi connectivity index (χ0v) is 14.5. The number of hydrazone groups is 1. The highest BCUT2D eigenvalue weighted by atomic mass is 19.4. The second kappa shape index (κ2) is 6.74. The van der Waals surface area contributed by atoms with Crippen LogP contribution < -0.4 is 5.01 Å². The summed E-state index contributed by atoms with van der Waals surface area (Å²) in [6.07, 6.45) is -4.63. The van der Waals surface area contributed by atoms with E-state index in [0.717, 1.165) is 11.1 Å². The molecule has 0 unspecified atom stereocenters. The largest absolute Gasteiger partial charge is 0.451 e. The highest BCUT2D eigenvalue weighted by Gasteiger charge is 2.36. The second-order valence-electron chi connectivity index (χ2n) is 5.96. The molecule has 1 aromatic heterocycles. The van der Waals surface area contributed by atoms with E-state index >= 15 is 0 Å². The number of anilines is 1. The van der Waals surface area contributed by atoms with Gasteiger partial charge in [-0.05, 0) is 31.5 Å². The normalized spacial score (nSPS) is 12.5. The number of alkyl halides is 3. The number of aryl methyl sites for hydroxylation is 1. The molecule has 0 bridgehead atoms. The Kier molecular flexibility index (Phi) is 4.63. The molecule has 0 N–H and O–H groups in total. The molecule has 7 heteroatoms. The Morgan fingerprint density at radius 1 is 1.04 bits per heavy atom. The molecule has 2 aromatic carbocycles. The van der Waals surface area contributed by atoms with E-state index in [-0.39, 0.29) is 11.3 Å². The van der Waals surface area contributed by atoms with Gasteiger partial charge in [0.2, 0.25) is 5.82 Å². The van der Waals surface area contributed by atoms with Crippen molar-refractivity contribution in [3.05, 3.63) is 65.5 Å². The van der Waals surface area contributed by atoms with E-state index in [2.05, 4.69) is 15.1 Å². The first-order valence-corrected chi connectivity index (χ1v) is 7.95. The second-order valence-corrected chi connectivity index (χ2v) is 5.96. The predicted octanol–water partition coefficient (Wildman–Crippen LogP) is 4.82. The third kappa shape index (κ3) is 3.66. The van der Waals surface area contributed by atoms with Crippen LogP contribution in [0.1, 0.15) is 23.9 Å². The predicted molar refractivity (Wildman–Crippen MR) is 96.3 cm³/mol. The van der Waals surface area contributed by atoms with E-state index in [4.69, 9.17) is 0 Å². The SMILES string of the molecule is CC(=NN(C)c1nc(C(F)(F)F)nc2ccccc12)c1cccc(C)c1. The van der Waals surface area contributed by atoms with Gasteiger partial charge in [0.15, 0.2) is 5.82 Å². The molecule has 1 heterocycles. The standard InChI is InChI=1S/C19H17F3N4/c1-12-7-6-8-14(11-12)13(2)25-26(3)17-15-9-4-5-10-16(15)23-18(24-17)19(20,21)22/h4-11H,1-3H3. The monoisotopic (exact) mass is 358 g/mol. The van der Waals surface area contributed by atoms with E-state index in [9.17, 15) is 13.2 Å². The smallest absolute Gasteiger partial charge is 0.250 e. The van der Waals surface area contributed by atoms with Crippen LogP contribution in [0.15, 0.2) is 53.6 Å². The Hall–Kier alpha value is -2.96. The average molecular weight is 358 g/mol. The number of para-hydroxylation sites is 1. The lowest BCUT2D eigenvalue weighted by molar-refractivity contribution is -0.144. The van der Waals surface area contributed by atoms with Crippen molar-refractivity contribution in [2.75, 3.05) is 12.1 Å². The molecule has 0 aliphatic carbocycles. The van der Waals surface area contributed by atoms with Crippen molar-refractivity contribution in [3.8, 4) is 0 Å². The van der Waals surface area contributed by atoms with Crippen LogP contribution in [0.4, 0.5) is 19.0 Å². The maximum Gasteiger partial charge on any atom is 0.451 e. The van der Waals surface area contributed by atoms with E-state index in [1.54, 1.807) is 32.2 Å². The number of hydrogen-bond acceptors (Lipinski definition) is 4. The van der Waals surface area contributed by atoms with Crippen LogP contribution in [0.5, 0.6) is 0 Å². The van der Waals surface area contributed by atoms with Gasteiger partial charge in [0.05, 0.1) is 11.2 Å². The molecule has 0 aliphatic heterocycles. The van der Waals surface area contributed by atoms with Gasteiger partial charge >= 0.3 is 6.18 Å². The molecule has 0 fully saturated rings. The Morgan fingerprint density at radius 2 is 1.77 bits per heavy atom. The first kappa shape index (κ1) is 17.8. The summed E-state index contributed by atoms with van der Waals surface area (Å²) >= 11 is 0. The van der Waals surface area contributed by atoms with Crippen molar-refractivity contribution < 1.29 is 13.2 Å². The fraction of sp³-hybridized carbons (Fsp3) is 0.211. The number of rotatable bonds is 3. The van der Waals surface area contributed by atoms with Crippen LogP contribution in [-0.4, -0.2) is 22.7 Å². The summed E-state index contributed by atoms with van der Waals surface area (Å²) in [6.45, 7) is 3.77. The number of halogens is 3. The topological polar surface area (TPSA) is 41.4 Å². The van der Waals surface area contributed by atoms with Gasteiger partial charge in [-0.15, -0.1) is 0 Å². The Bertz CT molecular complexity index is 980. The molecule has 0 amide bonds. The maximum absolute atomic E-state index is 13.2. The minimum atomic E-state index is -4.63. The zero-order chi connectivity index (χ0) is 18.9. The van der Waals surface area contributed by atoms with Gasteiger partial charge in [0, 0.05) is 12.4 Å². The highest BCUT2D eigenvalue weighted by molar-refractivity contribution is 6.00. The van der Waals surface area contributed by atoms with Gasteiger partial charge in [-0.3, -0.25) is 5.01 Å². The van der Waals surface area contributed by atoms with Crippen LogP contribution in [-0.2, 0) is 6.18 Å².